The van der Waals surface area contributed by atoms with Gasteiger partial charge in [0.05, 0.1) is 29.0 Å². The Balaban J connectivity index is 2.23. The van der Waals surface area contributed by atoms with E-state index in [1.165, 1.54) is 6.07 Å². The summed E-state index contributed by atoms with van der Waals surface area (Å²) in [6, 6.07) is 6.46. The summed E-state index contributed by atoms with van der Waals surface area (Å²) in [5.74, 6) is -0.441. The summed E-state index contributed by atoms with van der Waals surface area (Å²) in [5.41, 5.74) is 0.737. The number of benzene rings is 1. The maximum absolute atomic E-state index is 12.1. The zero-order chi connectivity index (χ0) is 14.1. The van der Waals surface area contributed by atoms with Crippen LogP contribution in [0.3, 0.4) is 0 Å². The Hall–Kier alpha value is -1.12. The summed E-state index contributed by atoms with van der Waals surface area (Å²) in [5, 5.41) is 8.21. The first-order valence-electron chi connectivity index (χ1n) is 5.75. The van der Waals surface area contributed by atoms with Crippen molar-refractivity contribution in [3.8, 4) is 0 Å². The third kappa shape index (κ3) is 3.26. The molecule has 0 saturated carbocycles. The number of hydrogen-bond donors (Lipinski definition) is 2. The molecule has 1 aliphatic rings. The van der Waals surface area contributed by atoms with E-state index in [4.69, 9.17) is 5.11 Å². The van der Waals surface area contributed by atoms with Crippen molar-refractivity contribution < 1.29 is 21.9 Å². The number of nitrogens with one attached hydrogen (secondary N) is 1. The van der Waals surface area contributed by atoms with Crippen LogP contribution in [-0.2, 0) is 26.5 Å². The number of hydrogen-bond acceptors (Lipinski definition) is 5. The SMILES string of the molecule is O=S1(=O)CCC(S(=O)(=O)Nc2ccccc2CO)C1. The maximum atomic E-state index is 12.1. The first kappa shape index (κ1) is 14.3. The lowest BCUT2D eigenvalue weighted by Gasteiger charge is -2.14. The molecule has 1 aromatic rings. The number of para-hydroxylation sites is 1. The molecule has 6 nitrogen and oxygen atoms in total. The minimum Gasteiger partial charge on any atom is -0.392 e. The van der Waals surface area contributed by atoms with Crippen molar-refractivity contribution in [1.82, 2.24) is 0 Å². The number of aliphatic hydroxyl groups excluding tert-OH is 1. The van der Waals surface area contributed by atoms with Crippen molar-refractivity contribution in [2.45, 2.75) is 18.3 Å². The second kappa shape index (κ2) is 5.10. The minimum absolute atomic E-state index is 0.0970. The van der Waals surface area contributed by atoms with Gasteiger partial charge in [-0.3, -0.25) is 4.72 Å². The van der Waals surface area contributed by atoms with E-state index in [1.807, 2.05) is 0 Å². The summed E-state index contributed by atoms with van der Waals surface area (Å²) >= 11 is 0. The smallest absolute Gasteiger partial charge is 0.236 e. The molecular weight excluding hydrogens is 290 g/mol. The van der Waals surface area contributed by atoms with Crippen molar-refractivity contribution in [2.24, 2.45) is 0 Å². The fourth-order valence-corrected chi connectivity index (χ4v) is 6.13. The van der Waals surface area contributed by atoms with E-state index < -0.39 is 25.1 Å². The first-order chi connectivity index (χ1) is 8.84. The van der Waals surface area contributed by atoms with E-state index in [9.17, 15) is 16.8 Å². The highest BCUT2D eigenvalue weighted by molar-refractivity contribution is 7.97. The lowest BCUT2D eigenvalue weighted by atomic mass is 10.2. The largest absolute Gasteiger partial charge is 0.392 e. The van der Waals surface area contributed by atoms with Crippen LogP contribution in [0, 0.1) is 0 Å². The molecule has 1 saturated heterocycles. The van der Waals surface area contributed by atoms with Gasteiger partial charge in [0, 0.05) is 5.56 Å². The fourth-order valence-electron chi connectivity index (χ4n) is 2.00. The normalized spacial score (nSPS) is 22.3. The highest BCUT2D eigenvalue weighted by atomic mass is 32.2. The molecule has 19 heavy (non-hydrogen) atoms. The van der Waals surface area contributed by atoms with Crippen LogP contribution >= 0.6 is 0 Å². The molecule has 1 heterocycles. The van der Waals surface area contributed by atoms with Crippen molar-refractivity contribution in [1.29, 1.82) is 0 Å². The Morgan fingerprint density at radius 3 is 2.58 bits per heavy atom. The van der Waals surface area contributed by atoms with E-state index in [0.717, 1.165) is 0 Å². The maximum Gasteiger partial charge on any atom is 0.236 e. The second-order valence-electron chi connectivity index (χ2n) is 4.49. The van der Waals surface area contributed by atoms with Crippen LogP contribution < -0.4 is 4.72 Å². The zero-order valence-corrected chi connectivity index (χ0v) is 11.7. The van der Waals surface area contributed by atoms with Crippen LogP contribution in [0.25, 0.3) is 0 Å². The zero-order valence-electron chi connectivity index (χ0n) is 10.1. The van der Waals surface area contributed by atoms with Crippen molar-refractivity contribution >= 4 is 25.5 Å². The van der Waals surface area contributed by atoms with Gasteiger partial charge in [0.1, 0.15) is 0 Å². The van der Waals surface area contributed by atoms with E-state index in [0.29, 0.717) is 5.56 Å². The van der Waals surface area contributed by atoms with Crippen molar-refractivity contribution in [3.05, 3.63) is 29.8 Å². The Morgan fingerprint density at radius 2 is 2.00 bits per heavy atom. The number of sulfone groups is 1. The summed E-state index contributed by atoms with van der Waals surface area (Å²) in [4.78, 5) is 0. The number of rotatable bonds is 4. The molecule has 0 radical (unpaired) electrons. The van der Waals surface area contributed by atoms with Gasteiger partial charge in [-0.15, -0.1) is 0 Å². The van der Waals surface area contributed by atoms with Gasteiger partial charge < -0.3 is 5.11 Å². The third-order valence-corrected chi connectivity index (χ3v) is 6.83. The Bertz CT molecular complexity index is 666. The van der Waals surface area contributed by atoms with Crippen molar-refractivity contribution in [3.63, 3.8) is 0 Å². The van der Waals surface area contributed by atoms with Crippen LogP contribution in [0.5, 0.6) is 0 Å². The van der Waals surface area contributed by atoms with Gasteiger partial charge in [-0.25, -0.2) is 16.8 Å². The molecule has 1 fully saturated rings. The van der Waals surface area contributed by atoms with E-state index in [2.05, 4.69) is 4.72 Å². The van der Waals surface area contributed by atoms with Crippen LogP contribution in [0.2, 0.25) is 0 Å². The lowest BCUT2D eigenvalue weighted by molar-refractivity contribution is 0.282. The Labute approximate surface area is 112 Å². The highest BCUT2D eigenvalue weighted by Crippen LogP contribution is 2.23. The third-order valence-electron chi connectivity index (χ3n) is 3.07. The monoisotopic (exact) mass is 305 g/mol. The highest BCUT2D eigenvalue weighted by Gasteiger charge is 2.37. The molecule has 1 atom stereocenters. The Morgan fingerprint density at radius 1 is 1.32 bits per heavy atom. The standard InChI is InChI=1S/C11H15NO5S2/c13-7-9-3-1-2-4-11(9)12-19(16,17)10-5-6-18(14,15)8-10/h1-4,10,12-13H,5-8H2. The van der Waals surface area contributed by atoms with E-state index >= 15 is 0 Å². The molecule has 106 valence electrons. The Kier molecular flexibility index (Phi) is 3.84. The van der Waals surface area contributed by atoms with Gasteiger partial charge in [-0.05, 0) is 12.5 Å². The summed E-state index contributed by atoms with van der Waals surface area (Å²) < 4.78 is 49.2. The number of sulfonamides is 1. The van der Waals surface area contributed by atoms with Crippen LogP contribution in [0.1, 0.15) is 12.0 Å². The lowest BCUT2D eigenvalue weighted by Crippen LogP contribution is -2.29. The second-order valence-corrected chi connectivity index (χ2v) is 8.68. The van der Waals surface area contributed by atoms with Gasteiger partial charge in [-0.2, -0.15) is 0 Å². The van der Waals surface area contributed by atoms with Crippen LogP contribution in [-0.4, -0.2) is 38.7 Å². The molecule has 0 aliphatic carbocycles. The van der Waals surface area contributed by atoms with Gasteiger partial charge in [0.25, 0.3) is 0 Å². The summed E-state index contributed by atoms with van der Waals surface area (Å²) in [7, 11) is -7.01. The number of anilines is 1. The van der Waals surface area contributed by atoms with Crippen molar-refractivity contribution in [2.75, 3.05) is 16.2 Å². The predicted molar refractivity (Wildman–Crippen MR) is 72.0 cm³/mol. The quantitative estimate of drug-likeness (QED) is 0.822. The summed E-state index contributed by atoms with van der Waals surface area (Å²) in [6.07, 6.45) is 0.110. The molecule has 1 unspecified atom stereocenters. The topological polar surface area (TPSA) is 101 Å². The van der Waals surface area contributed by atoms with Gasteiger partial charge >= 0.3 is 0 Å². The minimum atomic E-state index is -3.76. The molecule has 0 spiro atoms. The summed E-state index contributed by atoms with van der Waals surface area (Å²) in [6.45, 7) is -0.290. The average molecular weight is 305 g/mol. The first-order valence-corrected chi connectivity index (χ1v) is 9.12. The molecular formula is C11H15NO5S2. The van der Waals surface area contributed by atoms with E-state index in [1.54, 1.807) is 18.2 Å². The molecule has 0 bridgehead atoms. The van der Waals surface area contributed by atoms with Crippen LogP contribution in [0.15, 0.2) is 24.3 Å². The molecule has 2 N–H and O–H groups in total. The molecule has 1 aromatic carbocycles. The van der Waals surface area contributed by atoms with Gasteiger partial charge in [0.2, 0.25) is 10.0 Å². The van der Waals surface area contributed by atoms with Gasteiger partial charge in [-0.1, -0.05) is 18.2 Å². The molecule has 0 aromatic heterocycles. The molecule has 8 heteroatoms. The number of aliphatic hydroxyl groups is 1. The molecule has 0 amide bonds. The average Bonchev–Trinajstić information content (AvgIpc) is 2.71. The van der Waals surface area contributed by atoms with E-state index in [-0.39, 0.29) is 30.2 Å². The fraction of sp³-hybridized carbons (Fsp3) is 0.455. The van der Waals surface area contributed by atoms with Gasteiger partial charge in [0.15, 0.2) is 9.84 Å². The predicted octanol–water partition coefficient (Wildman–Crippen LogP) is 0.108. The molecule has 1 aliphatic heterocycles. The van der Waals surface area contributed by atoms with Crippen LogP contribution in [0.4, 0.5) is 5.69 Å². The molecule has 2 rings (SSSR count).